The van der Waals surface area contributed by atoms with Crippen molar-refractivity contribution >= 4 is 45.0 Å². The number of halogens is 1. The van der Waals surface area contributed by atoms with Gasteiger partial charge in [0.15, 0.2) is 0 Å². The second-order valence-corrected chi connectivity index (χ2v) is 5.66. The monoisotopic (exact) mass is 373 g/mol. The summed E-state index contributed by atoms with van der Waals surface area (Å²) in [6.45, 7) is 0. The first-order valence-corrected chi connectivity index (χ1v) is 7.36. The maximum Gasteiger partial charge on any atom is 0.256 e. The molecule has 0 radical (unpaired) electrons. The van der Waals surface area contributed by atoms with Gasteiger partial charge in [0.25, 0.3) is 5.91 Å². The molecule has 0 saturated carbocycles. The number of carbonyl (C=O) groups is 1. The molecule has 2 nitrogen and oxygen atoms in total. The smallest absolute Gasteiger partial charge is 0.256 e. The van der Waals surface area contributed by atoms with Crippen molar-refractivity contribution in [2.75, 3.05) is 5.32 Å². The normalized spacial score (nSPS) is 10.4. The Labute approximate surface area is 131 Å². The number of amides is 1. The van der Waals surface area contributed by atoms with Crippen LogP contribution in [0.15, 0.2) is 66.7 Å². The molecular formula is C17H12INO. The molecule has 0 aliphatic carbocycles. The predicted octanol–water partition coefficient (Wildman–Crippen LogP) is 4.70. The van der Waals surface area contributed by atoms with E-state index >= 15 is 0 Å². The number of nitrogens with one attached hydrogen (secondary N) is 1. The fraction of sp³-hybridized carbons (Fsp3) is 0. The summed E-state index contributed by atoms with van der Waals surface area (Å²) in [4.78, 5) is 12.3. The number of anilines is 1. The van der Waals surface area contributed by atoms with E-state index in [-0.39, 0.29) is 5.91 Å². The minimum atomic E-state index is -0.0784. The van der Waals surface area contributed by atoms with Crippen LogP contribution in [0.3, 0.4) is 0 Å². The van der Waals surface area contributed by atoms with Gasteiger partial charge in [-0.1, -0.05) is 42.5 Å². The third-order valence-corrected chi connectivity index (χ3v) is 4.07. The van der Waals surface area contributed by atoms with Crippen LogP contribution in [0.2, 0.25) is 0 Å². The van der Waals surface area contributed by atoms with Gasteiger partial charge in [0, 0.05) is 9.26 Å². The Morgan fingerprint density at radius 3 is 2.35 bits per heavy atom. The first-order chi connectivity index (χ1) is 9.74. The van der Waals surface area contributed by atoms with Gasteiger partial charge in [-0.25, -0.2) is 0 Å². The van der Waals surface area contributed by atoms with E-state index in [2.05, 4.69) is 34.0 Å². The minimum Gasteiger partial charge on any atom is -0.322 e. The zero-order valence-electron chi connectivity index (χ0n) is 10.6. The first-order valence-electron chi connectivity index (χ1n) is 6.29. The predicted molar refractivity (Wildman–Crippen MR) is 91.1 cm³/mol. The summed E-state index contributed by atoms with van der Waals surface area (Å²) in [5.74, 6) is -0.0784. The zero-order chi connectivity index (χ0) is 13.9. The topological polar surface area (TPSA) is 29.1 Å². The molecule has 0 saturated heterocycles. The van der Waals surface area contributed by atoms with Crippen molar-refractivity contribution < 1.29 is 4.79 Å². The SMILES string of the molecule is O=C(Nc1ccc2ccccc2c1)c1ccccc1I. The number of carbonyl (C=O) groups excluding carboxylic acids is 1. The second kappa shape index (κ2) is 5.63. The molecule has 0 aliphatic heterocycles. The van der Waals surface area contributed by atoms with E-state index in [0.717, 1.165) is 14.6 Å². The molecule has 0 unspecified atom stereocenters. The number of fused-ring (bicyclic) bond motifs is 1. The molecule has 0 fully saturated rings. The number of benzene rings is 3. The molecule has 0 aliphatic rings. The Bertz CT molecular complexity index is 783. The molecule has 0 spiro atoms. The number of rotatable bonds is 2. The van der Waals surface area contributed by atoms with Gasteiger partial charge < -0.3 is 5.32 Å². The van der Waals surface area contributed by atoms with Crippen molar-refractivity contribution in [2.45, 2.75) is 0 Å². The van der Waals surface area contributed by atoms with E-state index in [4.69, 9.17) is 0 Å². The number of hydrogen-bond acceptors (Lipinski definition) is 1. The van der Waals surface area contributed by atoms with E-state index < -0.39 is 0 Å². The molecule has 1 N–H and O–H groups in total. The fourth-order valence-corrected chi connectivity index (χ4v) is 2.74. The summed E-state index contributed by atoms with van der Waals surface area (Å²) in [6, 6.07) is 21.6. The minimum absolute atomic E-state index is 0.0784. The van der Waals surface area contributed by atoms with Crippen molar-refractivity contribution in [2.24, 2.45) is 0 Å². The van der Waals surface area contributed by atoms with Crippen LogP contribution >= 0.6 is 22.6 Å². The lowest BCUT2D eigenvalue weighted by atomic mass is 10.1. The van der Waals surface area contributed by atoms with Gasteiger partial charge >= 0.3 is 0 Å². The molecule has 0 atom stereocenters. The van der Waals surface area contributed by atoms with Crippen LogP contribution in [0.25, 0.3) is 10.8 Å². The molecule has 0 bridgehead atoms. The molecule has 98 valence electrons. The highest BCUT2D eigenvalue weighted by Gasteiger charge is 2.09. The van der Waals surface area contributed by atoms with Gasteiger partial charge in [-0.3, -0.25) is 4.79 Å². The Morgan fingerprint density at radius 1 is 0.850 bits per heavy atom. The Hall–Kier alpha value is -1.88. The molecule has 1 amide bonds. The Morgan fingerprint density at radius 2 is 1.55 bits per heavy atom. The fourth-order valence-electron chi connectivity index (χ4n) is 2.11. The summed E-state index contributed by atoms with van der Waals surface area (Å²) in [5.41, 5.74) is 1.51. The van der Waals surface area contributed by atoms with Crippen molar-refractivity contribution in [3.05, 3.63) is 75.9 Å². The van der Waals surface area contributed by atoms with Gasteiger partial charge in [-0.2, -0.15) is 0 Å². The zero-order valence-corrected chi connectivity index (χ0v) is 12.8. The molecule has 3 aromatic carbocycles. The van der Waals surface area contributed by atoms with Gasteiger partial charge in [0.2, 0.25) is 0 Å². The van der Waals surface area contributed by atoms with Crippen LogP contribution in [-0.4, -0.2) is 5.91 Å². The van der Waals surface area contributed by atoms with Crippen LogP contribution < -0.4 is 5.32 Å². The maximum atomic E-state index is 12.3. The highest BCUT2D eigenvalue weighted by Crippen LogP contribution is 2.20. The molecule has 3 rings (SSSR count). The summed E-state index contributed by atoms with van der Waals surface area (Å²) < 4.78 is 0.948. The van der Waals surface area contributed by atoms with Crippen LogP contribution in [0, 0.1) is 3.57 Å². The van der Waals surface area contributed by atoms with Crippen molar-refractivity contribution in [1.29, 1.82) is 0 Å². The molecule has 0 aromatic heterocycles. The second-order valence-electron chi connectivity index (χ2n) is 4.50. The summed E-state index contributed by atoms with van der Waals surface area (Å²) in [6.07, 6.45) is 0. The van der Waals surface area contributed by atoms with E-state index in [1.165, 1.54) is 5.39 Å². The van der Waals surface area contributed by atoms with Crippen molar-refractivity contribution in [1.82, 2.24) is 0 Å². The van der Waals surface area contributed by atoms with Crippen LogP contribution in [0.4, 0.5) is 5.69 Å². The van der Waals surface area contributed by atoms with Crippen molar-refractivity contribution in [3.8, 4) is 0 Å². The lowest BCUT2D eigenvalue weighted by Crippen LogP contribution is -2.13. The third-order valence-electron chi connectivity index (χ3n) is 3.13. The van der Waals surface area contributed by atoms with Crippen LogP contribution in [-0.2, 0) is 0 Å². The van der Waals surface area contributed by atoms with Gasteiger partial charge in [0.1, 0.15) is 0 Å². The molecule has 3 aromatic rings. The maximum absolute atomic E-state index is 12.3. The van der Waals surface area contributed by atoms with E-state index in [9.17, 15) is 4.79 Å². The molecular weight excluding hydrogens is 361 g/mol. The van der Waals surface area contributed by atoms with E-state index in [0.29, 0.717) is 5.56 Å². The molecule has 3 heteroatoms. The average Bonchev–Trinajstić information content (AvgIpc) is 2.47. The highest BCUT2D eigenvalue weighted by atomic mass is 127. The Kier molecular flexibility index (Phi) is 3.69. The Balaban J connectivity index is 1.89. The van der Waals surface area contributed by atoms with E-state index in [1.54, 1.807) is 0 Å². The highest BCUT2D eigenvalue weighted by molar-refractivity contribution is 14.1. The quantitative estimate of drug-likeness (QED) is 0.649. The van der Waals surface area contributed by atoms with Gasteiger partial charge in [-0.15, -0.1) is 0 Å². The summed E-state index contributed by atoms with van der Waals surface area (Å²) in [7, 11) is 0. The van der Waals surface area contributed by atoms with E-state index in [1.807, 2.05) is 60.7 Å². The molecule has 20 heavy (non-hydrogen) atoms. The average molecular weight is 373 g/mol. The lowest BCUT2D eigenvalue weighted by molar-refractivity contribution is 0.102. The third kappa shape index (κ3) is 2.67. The largest absolute Gasteiger partial charge is 0.322 e. The van der Waals surface area contributed by atoms with Crippen LogP contribution in [0.5, 0.6) is 0 Å². The van der Waals surface area contributed by atoms with Gasteiger partial charge in [-0.05, 0) is 57.6 Å². The summed E-state index contributed by atoms with van der Waals surface area (Å²) in [5, 5.41) is 5.23. The van der Waals surface area contributed by atoms with Gasteiger partial charge in [0.05, 0.1) is 5.56 Å². The molecule has 0 heterocycles. The number of hydrogen-bond donors (Lipinski definition) is 1. The summed E-state index contributed by atoms with van der Waals surface area (Å²) >= 11 is 2.17. The first kappa shape index (κ1) is 13.1. The lowest BCUT2D eigenvalue weighted by Gasteiger charge is -2.08. The van der Waals surface area contributed by atoms with Crippen molar-refractivity contribution in [3.63, 3.8) is 0 Å². The van der Waals surface area contributed by atoms with Crippen LogP contribution in [0.1, 0.15) is 10.4 Å². The standard InChI is InChI=1S/C17H12INO/c18-16-8-4-3-7-15(16)17(20)19-14-10-9-12-5-1-2-6-13(12)11-14/h1-11H,(H,19,20).